The molecule has 1 unspecified atom stereocenters. The topological polar surface area (TPSA) is 81.6 Å². The van der Waals surface area contributed by atoms with Crippen LogP contribution in [0.5, 0.6) is 0 Å². The van der Waals surface area contributed by atoms with Crippen molar-refractivity contribution in [1.82, 2.24) is 20.5 Å². The number of anilines is 1. The molecule has 7 nitrogen and oxygen atoms in total. The van der Waals surface area contributed by atoms with Crippen LogP contribution in [0.4, 0.5) is 5.82 Å². The molecule has 1 atom stereocenters. The minimum atomic E-state index is -0.0702. The fourth-order valence-electron chi connectivity index (χ4n) is 3.63. The number of nitrogens with zero attached hydrogens (tertiary/aromatic N) is 3. The molecule has 0 bridgehead atoms. The second-order valence-corrected chi connectivity index (χ2v) is 7.65. The van der Waals surface area contributed by atoms with Gasteiger partial charge in [-0.15, -0.1) is 24.0 Å². The van der Waals surface area contributed by atoms with Crippen molar-refractivity contribution in [2.75, 3.05) is 32.0 Å². The van der Waals surface area contributed by atoms with Gasteiger partial charge in [-0.25, -0.2) is 4.98 Å². The van der Waals surface area contributed by atoms with E-state index in [0.29, 0.717) is 24.8 Å². The van der Waals surface area contributed by atoms with E-state index < -0.39 is 0 Å². The third-order valence-corrected chi connectivity index (χ3v) is 5.28. The van der Waals surface area contributed by atoms with Crippen molar-refractivity contribution in [2.45, 2.75) is 38.8 Å². The van der Waals surface area contributed by atoms with Crippen molar-refractivity contribution >= 4 is 41.7 Å². The highest BCUT2D eigenvalue weighted by Gasteiger charge is 2.24. The number of likely N-dealkylation sites (tertiary alicyclic amines) is 1. The lowest BCUT2D eigenvalue weighted by molar-refractivity contribution is -0.116. The van der Waals surface area contributed by atoms with Gasteiger partial charge in [0.1, 0.15) is 5.82 Å². The number of hydrogen-bond donors (Lipinski definition) is 3. The molecular weight excluding hydrogens is 503 g/mol. The van der Waals surface area contributed by atoms with Crippen LogP contribution >= 0.6 is 24.0 Å². The number of nitrogens with one attached hydrogen (secondary N) is 3. The van der Waals surface area contributed by atoms with E-state index in [2.05, 4.69) is 61.2 Å². The maximum absolute atomic E-state index is 12.1. The Morgan fingerprint density at radius 3 is 2.71 bits per heavy atom. The highest BCUT2D eigenvalue weighted by molar-refractivity contribution is 14.0. The molecule has 3 rings (SSSR count). The summed E-state index contributed by atoms with van der Waals surface area (Å²) in [5.41, 5.74) is 2.41. The number of benzene rings is 1. The summed E-state index contributed by atoms with van der Waals surface area (Å²) in [5.74, 6) is 1.23. The number of aromatic nitrogens is 1. The van der Waals surface area contributed by atoms with Crippen LogP contribution in [0.1, 0.15) is 30.4 Å². The monoisotopic (exact) mass is 536 g/mol. The van der Waals surface area contributed by atoms with Gasteiger partial charge in [0.15, 0.2) is 5.96 Å². The Hall–Kier alpha value is -2.20. The number of rotatable bonds is 8. The molecule has 1 aliphatic heterocycles. The van der Waals surface area contributed by atoms with Crippen molar-refractivity contribution < 1.29 is 4.79 Å². The molecule has 1 aliphatic rings. The van der Waals surface area contributed by atoms with E-state index in [-0.39, 0.29) is 29.9 Å². The van der Waals surface area contributed by atoms with Crippen LogP contribution in [0.2, 0.25) is 0 Å². The van der Waals surface area contributed by atoms with Gasteiger partial charge in [0.05, 0.1) is 0 Å². The number of carbonyl (C=O) groups excluding carboxylic acids is 1. The molecule has 8 heteroatoms. The maximum Gasteiger partial charge on any atom is 0.227 e. The zero-order chi connectivity index (χ0) is 21.2. The lowest BCUT2D eigenvalue weighted by Crippen LogP contribution is -2.45. The molecule has 0 spiro atoms. The number of aryl methyl sites for hydroxylation is 1. The number of carbonyl (C=O) groups is 1. The number of guanidine groups is 1. The lowest BCUT2D eigenvalue weighted by atomic mass is 10.2. The first-order valence-corrected chi connectivity index (χ1v) is 10.6. The largest absolute Gasteiger partial charge is 0.356 e. The lowest BCUT2D eigenvalue weighted by Gasteiger charge is -2.25. The zero-order valence-corrected chi connectivity index (χ0v) is 20.6. The van der Waals surface area contributed by atoms with Crippen LogP contribution in [0.25, 0.3) is 0 Å². The SMILES string of the molecule is CN=C(NCCC(=O)Nc1ccc(C)cn1)NCC1CCCN1Cc1ccccc1.I. The molecule has 168 valence electrons. The predicted molar refractivity (Wildman–Crippen MR) is 137 cm³/mol. The average Bonchev–Trinajstić information content (AvgIpc) is 3.20. The Balaban J connectivity index is 0.00000341. The summed E-state index contributed by atoms with van der Waals surface area (Å²) in [7, 11) is 1.75. The molecule has 1 amide bonds. The first-order chi connectivity index (χ1) is 14.6. The molecule has 2 aromatic rings. The quantitative estimate of drug-likeness (QED) is 0.275. The molecule has 0 radical (unpaired) electrons. The fourth-order valence-corrected chi connectivity index (χ4v) is 3.63. The van der Waals surface area contributed by atoms with E-state index in [0.717, 1.165) is 31.2 Å². The summed E-state index contributed by atoms with van der Waals surface area (Å²) in [6.45, 7) is 5.42. The Morgan fingerprint density at radius 2 is 2.00 bits per heavy atom. The molecule has 3 N–H and O–H groups in total. The van der Waals surface area contributed by atoms with Crippen LogP contribution in [0, 0.1) is 6.92 Å². The van der Waals surface area contributed by atoms with Crippen LogP contribution < -0.4 is 16.0 Å². The van der Waals surface area contributed by atoms with Gasteiger partial charge in [-0.05, 0) is 43.5 Å². The third-order valence-electron chi connectivity index (χ3n) is 5.28. The molecule has 1 fully saturated rings. The molecule has 31 heavy (non-hydrogen) atoms. The summed E-state index contributed by atoms with van der Waals surface area (Å²) in [6, 6.07) is 14.8. The molecule has 1 aromatic heterocycles. The summed E-state index contributed by atoms with van der Waals surface area (Å²) in [6.07, 6.45) is 4.49. The van der Waals surface area contributed by atoms with Crippen molar-refractivity contribution in [3.8, 4) is 0 Å². The molecule has 0 aliphatic carbocycles. The second kappa shape index (κ2) is 13.3. The molecule has 1 saturated heterocycles. The van der Waals surface area contributed by atoms with Crippen LogP contribution in [-0.4, -0.2) is 54.5 Å². The molecule has 2 heterocycles. The Kier molecular flexibility index (Phi) is 10.7. The standard InChI is InChI=1S/C23H32N6O.HI/c1-18-10-11-21(26-15-18)28-22(30)12-13-25-23(24-2)27-16-20-9-6-14-29(20)17-19-7-4-3-5-8-19;/h3-5,7-8,10-11,15,20H,6,9,12-14,16-17H2,1-2H3,(H2,24,25,27)(H,26,28,30);1H. The van der Waals surface area contributed by atoms with Gasteiger partial charge in [-0.3, -0.25) is 14.7 Å². The van der Waals surface area contributed by atoms with Gasteiger partial charge in [-0.2, -0.15) is 0 Å². The van der Waals surface area contributed by atoms with Gasteiger partial charge in [0.2, 0.25) is 5.91 Å². The third kappa shape index (κ3) is 8.45. The highest BCUT2D eigenvalue weighted by Crippen LogP contribution is 2.19. The van der Waals surface area contributed by atoms with Gasteiger partial charge in [-0.1, -0.05) is 36.4 Å². The maximum atomic E-state index is 12.1. The number of amides is 1. The van der Waals surface area contributed by atoms with Crippen molar-refractivity contribution in [3.63, 3.8) is 0 Å². The number of aliphatic imine (C=N–C) groups is 1. The van der Waals surface area contributed by atoms with Crippen LogP contribution in [-0.2, 0) is 11.3 Å². The predicted octanol–water partition coefficient (Wildman–Crippen LogP) is 3.17. The van der Waals surface area contributed by atoms with E-state index >= 15 is 0 Å². The minimum absolute atomic E-state index is 0. The van der Waals surface area contributed by atoms with Gasteiger partial charge < -0.3 is 16.0 Å². The molecule has 1 aromatic carbocycles. The van der Waals surface area contributed by atoms with Crippen molar-refractivity contribution in [2.24, 2.45) is 4.99 Å². The van der Waals surface area contributed by atoms with Crippen molar-refractivity contribution in [3.05, 3.63) is 59.8 Å². The van der Waals surface area contributed by atoms with E-state index in [1.54, 1.807) is 13.2 Å². The Bertz CT molecular complexity index is 828. The first-order valence-electron chi connectivity index (χ1n) is 10.6. The van der Waals surface area contributed by atoms with E-state index in [1.807, 2.05) is 19.1 Å². The van der Waals surface area contributed by atoms with Crippen LogP contribution in [0.15, 0.2) is 53.7 Å². The van der Waals surface area contributed by atoms with E-state index in [4.69, 9.17) is 0 Å². The normalized spacial score (nSPS) is 16.5. The minimum Gasteiger partial charge on any atom is -0.356 e. The number of hydrogen-bond acceptors (Lipinski definition) is 4. The van der Waals surface area contributed by atoms with E-state index in [1.165, 1.54) is 18.4 Å². The van der Waals surface area contributed by atoms with Crippen LogP contribution in [0.3, 0.4) is 0 Å². The molecular formula is C23H33IN6O. The summed E-state index contributed by atoms with van der Waals surface area (Å²) < 4.78 is 0. The van der Waals surface area contributed by atoms with Gasteiger partial charge >= 0.3 is 0 Å². The van der Waals surface area contributed by atoms with E-state index in [9.17, 15) is 4.79 Å². The van der Waals surface area contributed by atoms with Gasteiger partial charge in [0, 0.05) is 45.3 Å². The Labute approximate surface area is 202 Å². The first kappa shape index (κ1) is 25.1. The summed E-state index contributed by atoms with van der Waals surface area (Å²) in [5, 5.41) is 9.44. The number of pyridine rings is 1. The van der Waals surface area contributed by atoms with Gasteiger partial charge in [0.25, 0.3) is 0 Å². The highest BCUT2D eigenvalue weighted by atomic mass is 127. The average molecular weight is 536 g/mol. The second-order valence-electron chi connectivity index (χ2n) is 7.65. The summed E-state index contributed by atoms with van der Waals surface area (Å²) >= 11 is 0. The van der Waals surface area contributed by atoms with Crippen molar-refractivity contribution in [1.29, 1.82) is 0 Å². The molecule has 0 saturated carbocycles. The smallest absolute Gasteiger partial charge is 0.227 e. The fraction of sp³-hybridized carbons (Fsp3) is 0.435. The Morgan fingerprint density at radius 1 is 1.19 bits per heavy atom. The number of halogens is 1. The zero-order valence-electron chi connectivity index (χ0n) is 18.3. The summed E-state index contributed by atoms with van der Waals surface area (Å²) in [4.78, 5) is 23.1.